The van der Waals surface area contributed by atoms with E-state index < -0.39 is 0 Å². The van der Waals surface area contributed by atoms with Crippen LogP contribution in [0.15, 0.2) is 18.2 Å². The highest BCUT2D eigenvalue weighted by Crippen LogP contribution is 2.14. The first kappa shape index (κ1) is 14.7. The summed E-state index contributed by atoms with van der Waals surface area (Å²) in [5.41, 5.74) is 2.81. The molecule has 0 bridgehead atoms. The van der Waals surface area contributed by atoms with Gasteiger partial charge in [-0.3, -0.25) is 9.59 Å². The summed E-state index contributed by atoms with van der Waals surface area (Å²) in [6.07, 6.45) is 0.610. The van der Waals surface area contributed by atoms with Gasteiger partial charge < -0.3 is 10.2 Å². The molecule has 0 saturated carbocycles. The SMILES string of the molecule is Cc1ccc(C)c(C(=O)CCC(=O)N2CCNCC2)c1. The van der Waals surface area contributed by atoms with Crippen LogP contribution in [-0.2, 0) is 4.79 Å². The third kappa shape index (κ3) is 3.67. The van der Waals surface area contributed by atoms with Gasteiger partial charge in [-0.05, 0) is 25.5 Å². The molecule has 1 heterocycles. The van der Waals surface area contributed by atoms with Crippen LogP contribution in [0.3, 0.4) is 0 Å². The van der Waals surface area contributed by atoms with E-state index in [4.69, 9.17) is 0 Å². The molecule has 0 radical (unpaired) electrons. The minimum absolute atomic E-state index is 0.0645. The van der Waals surface area contributed by atoms with Gasteiger partial charge in [0.25, 0.3) is 0 Å². The van der Waals surface area contributed by atoms with Gasteiger partial charge >= 0.3 is 0 Å². The molecule has 1 amide bonds. The molecular weight excluding hydrogens is 252 g/mol. The lowest BCUT2D eigenvalue weighted by molar-refractivity contribution is -0.131. The maximum atomic E-state index is 12.2. The van der Waals surface area contributed by atoms with Gasteiger partial charge in [-0.1, -0.05) is 17.7 Å². The second-order valence-electron chi connectivity index (χ2n) is 5.37. The fourth-order valence-electron chi connectivity index (χ4n) is 2.46. The van der Waals surface area contributed by atoms with Gasteiger partial charge in [0.1, 0.15) is 0 Å². The minimum atomic E-state index is 0.0645. The highest BCUT2D eigenvalue weighted by molar-refractivity contribution is 5.99. The Balaban J connectivity index is 1.91. The summed E-state index contributed by atoms with van der Waals surface area (Å²) in [5, 5.41) is 3.21. The van der Waals surface area contributed by atoms with Crippen LogP contribution in [0.5, 0.6) is 0 Å². The van der Waals surface area contributed by atoms with Crippen LogP contribution in [0.2, 0.25) is 0 Å². The summed E-state index contributed by atoms with van der Waals surface area (Å²) >= 11 is 0. The molecule has 1 N–H and O–H groups in total. The van der Waals surface area contributed by atoms with Gasteiger partial charge in [-0.15, -0.1) is 0 Å². The lowest BCUT2D eigenvalue weighted by Gasteiger charge is -2.27. The Hall–Kier alpha value is -1.68. The molecule has 20 heavy (non-hydrogen) atoms. The Kier molecular flexibility index (Phi) is 4.90. The molecule has 4 heteroatoms. The van der Waals surface area contributed by atoms with Gasteiger partial charge in [0.15, 0.2) is 5.78 Å². The number of nitrogens with zero attached hydrogens (tertiary/aromatic N) is 1. The Bertz CT molecular complexity index is 505. The molecule has 0 atom stereocenters. The van der Waals surface area contributed by atoms with Crippen LogP contribution in [0.4, 0.5) is 0 Å². The molecule has 1 aliphatic heterocycles. The third-order valence-electron chi connectivity index (χ3n) is 3.73. The quantitative estimate of drug-likeness (QED) is 0.850. The van der Waals surface area contributed by atoms with Crippen molar-refractivity contribution in [3.63, 3.8) is 0 Å². The zero-order valence-electron chi connectivity index (χ0n) is 12.2. The zero-order valence-corrected chi connectivity index (χ0v) is 12.2. The highest BCUT2D eigenvalue weighted by Gasteiger charge is 2.18. The number of rotatable bonds is 4. The average molecular weight is 274 g/mol. The maximum Gasteiger partial charge on any atom is 0.223 e. The van der Waals surface area contributed by atoms with Crippen molar-refractivity contribution in [3.8, 4) is 0 Å². The smallest absolute Gasteiger partial charge is 0.223 e. The first-order valence-corrected chi connectivity index (χ1v) is 7.17. The van der Waals surface area contributed by atoms with Gasteiger partial charge in [-0.25, -0.2) is 0 Å². The van der Waals surface area contributed by atoms with Crippen molar-refractivity contribution in [2.75, 3.05) is 26.2 Å². The number of hydrogen-bond donors (Lipinski definition) is 1. The van der Waals surface area contributed by atoms with Crippen LogP contribution in [0.1, 0.15) is 34.3 Å². The summed E-state index contributed by atoms with van der Waals surface area (Å²) < 4.78 is 0. The molecule has 1 aromatic carbocycles. The molecule has 0 unspecified atom stereocenters. The monoisotopic (exact) mass is 274 g/mol. The number of hydrogen-bond acceptors (Lipinski definition) is 3. The lowest BCUT2D eigenvalue weighted by atomic mass is 9.99. The predicted octanol–water partition coefficient (Wildman–Crippen LogP) is 1.70. The Morgan fingerprint density at radius 2 is 1.85 bits per heavy atom. The molecule has 0 aromatic heterocycles. The van der Waals surface area contributed by atoms with E-state index in [0.29, 0.717) is 12.8 Å². The number of benzene rings is 1. The number of carbonyl (C=O) groups is 2. The predicted molar refractivity (Wildman–Crippen MR) is 78.9 cm³/mol. The Morgan fingerprint density at radius 3 is 2.55 bits per heavy atom. The fraction of sp³-hybridized carbons (Fsp3) is 0.500. The summed E-state index contributed by atoms with van der Waals surface area (Å²) in [5.74, 6) is 0.153. The van der Waals surface area contributed by atoms with Crippen LogP contribution in [0, 0.1) is 13.8 Å². The summed E-state index contributed by atoms with van der Waals surface area (Å²) in [6, 6.07) is 5.87. The Morgan fingerprint density at radius 1 is 1.15 bits per heavy atom. The number of aryl methyl sites for hydroxylation is 2. The van der Waals surface area contributed by atoms with E-state index in [9.17, 15) is 9.59 Å². The van der Waals surface area contributed by atoms with Gasteiger partial charge in [0, 0.05) is 44.6 Å². The molecular formula is C16H22N2O2. The van der Waals surface area contributed by atoms with Crippen molar-refractivity contribution >= 4 is 11.7 Å². The number of amides is 1. The van der Waals surface area contributed by atoms with Crippen molar-refractivity contribution in [2.45, 2.75) is 26.7 Å². The largest absolute Gasteiger partial charge is 0.340 e. The summed E-state index contributed by atoms with van der Waals surface area (Å²) in [4.78, 5) is 26.1. The topological polar surface area (TPSA) is 49.4 Å². The van der Waals surface area contributed by atoms with Crippen molar-refractivity contribution in [1.29, 1.82) is 0 Å². The summed E-state index contributed by atoms with van der Waals surface area (Å²) in [7, 11) is 0. The van der Waals surface area contributed by atoms with E-state index in [-0.39, 0.29) is 11.7 Å². The zero-order chi connectivity index (χ0) is 14.5. The van der Waals surface area contributed by atoms with Crippen molar-refractivity contribution < 1.29 is 9.59 Å². The highest BCUT2D eigenvalue weighted by atomic mass is 16.2. The van der Waals surface area contributed by atoms with Crippen LogP contribution < -0.4 is 5.32 Å². The second-order valence-corrected chi connectivity index (χ2v) is 5.37. The second kappa shape index (κ2) is 6.66. The van der Waals surface area contributed by atoms with Crippen molar-refractivity contribution in [2.24, 2.45) is 0 Å². The molecule has 0 spiro atoms. The lowest BCUT2D eigenvalue weighted by Crippen LogP contribution is -2.46. The molecule has 1 aromatic rings. The maximum absolute atomic E-state index is 12.2. The van der Waals surface area contributed by atoms with E-state index in [2.05, 4.69) is 5.32 Å². The van der Waals surface area contributed by atoms with E-state index in [0.717, 1.165) is 42.9 Å². The van der Waals surface area contributed by atoms with E-state index in [1.807, 2.05) is 36.9 Å². The first-order chi connectivity index (χ1) is 9.58. The molecule has 1 aliphatic rings. The molecule has 2 rings (SSSR count). The molecule has 0 aliphatic carbocycles. The number of Topliss-reactive ketones (excluding diaryl/α,β-unsaturated/α-hetero) is 1. The Labute approximate surface area is 120 Å². The molecule has 1 saturated heterocycles. The van der Waals surface area contributed by atoms with Gasteiger partial charge in [0.2, 0.25) is 5.91 Å². The average Bonchev–Trinajstić information content (AvgIpc) is 2.47. The van der Waals surface area contributed by atoms with Crippen LogP contribution in [-0.4, -0.2) is 42.8 Å². The molecule has 4 nitrogen and oxygen atoms in total. The minimum Gasteiger partial charge on any atom is -0.340 e. The van der Waals surface area contributed by atoms with Crippen LogP contribution >= 0.6 is 0 Å². The van der Waals surface area contributed by atoms with Crippen molar-refractivity contribution in [1.82, 2.24) is 10.2 Å². The third-order valence-corrected chi connectivity index (χ3v) is 3.73. The fourth-order valence-corrected chi connectivity index (χ4v) is 2.46. The number of ketones is 1. The van der Waals surface area contributed by atoms with Crippen molar-refractivity contribution in [3.05, 3.63) is 34.9 Å². The first-order valence-electron chi connectivity index (χ1n) is 7.17. The normalized spacial score (nSPS) is 15.2. The van der Waals surface area contributed by atoms with Crippen LogP contribution in [0.25, 0.3) is 0 Å². The summed E-state index contributed by atoms with van der Waals surface area (Å²) in [6.45, 7) is 7.09. The van der Waals surface area contributed by atoms with E-state index in [1.54, 1.807) is 0 Å². The number of nitrogens with one attached hydrogen (secondary N) is 1. The van der Waals surface area contributed by atoms with E-state index >= 15 is 0 Å². The van der Waals surface area contributed by atoms with Gasteiger partial charge in [-0.2, -0.15) is 0 Å². The van der Waals surface area contributed by atoms with E-state index in [1.165, 1.54) is 0 Å². The molecule has 108 valence electrons. The standard InChI is InChI=1S/C16H22N2O2/c1-12-3-4-13(2)14(11-12)15(19)5-6-16(20)18-9-7-17-8-10-18/h3-4,11,17H,5-10H2,1-2H3. The van der Waals surface area contributed by atoms with Gasteiger partial charge in [0.05, 0.1) is 0 Å². The number of carbonyl (C=O) groups excluding carboxylic acids is 2. The molecule has 1 fully saturated rings. The number of piperazine rings is 1.